The van der Waals surface area contributed by atoms with Gasteiger partial charge in [0, 0.05) is 41.5 Å². The van der Waals surface area contributed by atoms with E-state index in [0.29, 0.717) is 17.6 Å². The van der Waals surface area contributed by atoms with Crippen LogP contribution in [0.3, 0.4) is 0 Å². The van der Waals surface area contributed by atoms with Gasteiger partial charge in [-0.2, -0.15) is 0 Å². The van der Waals surface area contributed by atoms with Crippen molar-refractivity contribution in [1.82, 2.24) is 0 Å². The molecule has 0 bridgehead atoms. The van der Waals surface area contributed by atoms with Crippen LogP contribution in [0, 0.1) is 10.1 Å². The molecular formula is C22H17N3O4. The fraction of sp³-hybridized carbons (Fsp3) is 0.0455. The maximum atomic E-state index is 11.8. The van der Waals surface area contributed by atoms with Crippen molar-refractivity contribution in [3.8, 4) is 0 Å². The van der Waals surface area contributed by atoms with Crippen LogP contribution in [0.25, 0.3) is 11.0 Å². The van der Waals surface area contributed by atoms with Crippen LogP contribution in [0.5, 0.6) is 0 Å². The fourth-order valence-corrected chi connectivity index (χ4v) is 2.99. The predicted octanol–water partition coefficient (Wildman–Crippen LogP) is 5.06. The van der Waals surface area contributed by atoms with Gasteiger partial charge in [-0.25, -0.2) is 4.79 Å². The van der Waals surface area contributed by atoms with Crippen LogP contribution < -0.4 is 16.3 Å². The van der Waals surface area contributed by atoms with E-state index in [1.54, 1.807) is 0 Å². The smallest absolute Gasteiger partial charge is 0.338 e. The molecule has 2 N–H and O–H groups in total. The van der Waals surface area contributed by atoms with Crippen molar-refractivity contribution < 1.29 is 9.34 Å². The highest BCUT2D eigenvalue weighted by molar-refractivity contribution is 5.93. The summed E-state index contributed by atoms with van der Waals surface area (Å²) < 4.78 is 5.14. The van der Waals surface area contributed by atoms with E-state index in [-0.39, 0.29) is 11.3 Å². The Labute approximate surface area is 165 Å². The highest BCUT2D eigenvalue weighted by Crippen LogP contribution is 2.28. The highest BCUT2D eigenvalue weighted by Gasteiger charge is 2.12. The van der Waals surface area contributed by atoms with Gasteiger partial charge >= 0.3 is 5.63 Å². The Kier molecular flexibility index (Phi) is 4.94. The Morgan fingerprint density at radius 1 is 0.897 bits per heavy atom. The fourth-order valence-electron chi connectivity index (χ4n) is 2.99. The van der Waals surface area contributed by atoms with Gasteiger partial charge in [0.05, 0.1) is 10.6 Å². The summed E-state index contributed by atoms with van der Waals surface area (Å²) in [6.07, 6.45) is 0. The van der Waals surface area contributed by atoms with Gasteiger partial charge in [0.1, 0.15) is 5.58 Å². The second-order valence-electron chi connectivity index (χ2n) is 6.46. The summed E-state index contributed by atoms with van der Waals surface area (Å²) in [5, 5.41) is 18.0. The summed E-state index contributed by atoms with van der Waals surface area (Å²) in [5.41, 5.74) is 3.00. The number of nitro groups is 1. The molecule has 3 aromatic carbocycles. The van der Waals surface area contributed by atoms with Crippen LogP contribution in [0.1, 0.15) is 5.56 Å². The lowest BCUT2D eigenvalue weighted by atomic mass is 10.1. The molecule has 7 heteroatoms. The molecular weight excluding hydrogens is 370 g/mol. The Bertz CT molecular complexity index is 1220. The number of benzene rings is 3. The van der Waals surface area contributed by atoms with Crippen molar-refractivity contribution in [2.45, 2.75) is 6.54 Å². The van der Waals surface area contributed by atoms with Crippen LogP contribution in [-0.4, -0.2) is 4.92 Å². The number of rotatable bonds is 6. The van der Waals surface area contributed by atoms with E-state index in [9.17, 15) is 14.9 Å². The Hall–Kier alpha value is -4.13. The molecule has 1 aromatic heterocycles. The third-order valence-electron chi connectivity index (χ3n) is 4.44. The zero-order valence-corrected chi connectivity index (χ0v) is 15.3. The second-order valence-corrected chi connectivity index (χ2v) is 6.46. The van der Waals surface area contributed by atoms with E-state index >= 15 is 0 Å². The van der Waals surface area contributed by atoms with Gasteiger partial charge in [-0.3, -0.25) is 10.1 Å². The van der Waals surface area contributed by atoms with E-state index in [4.69, 9.17) is 4.42 Å². The third kappa shape index (κ3) is 4.24. The summed E-state index contributed by atoms with van der Waals surface area (Å²) >= 11 is 0. The molecule has 0 aliphatic carbocycles. The molecule has 4 rings (SSSR count). The molecule has 29 heavy (non-hydrogen) atoms. The molecule has 0 saturated heterocycles. The normalized spacial score (nSPS) is 10.6. The van der Waals surface area contributed by atoms with Crippen LogP contribution in [-0.2, 0) is 6.54 Å². The standard InChI is InChI=1S/C22H17N3O4/c26-22-13-20(19-12-18(25(27)28)10-11-21(19)29-22)24-17-8-6-16(7-9-17)23-14-15-4-2-1-3-5-15/h1-13,23-24H,14H2. The first kappa shape index (κ1) is 18.2. The number of hydrogen-bond donors (Lipinski definition) is 2. The number of nitrogens with zero attached hydrogens (tertiary/aromatic N) is 1. The molecule has 1 heterocycles. The van der Waals surface area contributed by atoms with E-state index in [2.05, 4.69) is 10.6 Å². The summed E-state index contributed by atoms with van der Waals surface area (Å²) in [6.45, 7) is 0.710. The molecule has 144 valence electrons. The van der Waals surface area contributed by atoms with E-state index in [0.717, 1.165) is 11.4 Å². The first-order valence-electron chi connectivity index (χ1n) is 8.96. The molecule has 0 aliphatic heterocycles. The van der Waals surface area contributed by atoms with E-state index in [1.807, 2.05) is 54.6 Å². The minimum absolute atomic E-state index is 0.0742. The van der Waals surface area contributed by atoms with Gasteiger partial charge in [-0.15, -0.1) is 0 Å². The molecule has 0 aliphatic rings. The molecule has 7 nitrogen and oxygen atoms in total. The number of nitrogens with one attached hydrogen (secondary N) is 2. The van der Waals surface area contributed by atoms with Gasteiger partial charge in [-0.05, 0) is 35.9 Å². The Morgan fingerprint density at radius 2 is 1.62 bits per heavy atom. The van der Waals surface area contributed by atoms with Crippen molar-refractivity contribution in [3.05, 3.63) is 105 Å². The monoisotopic (exact) mass is 387 g/mol. The van der Waals surface area contributed by atoms with Crippen molar-refractivity contribution >= 4 is 33.7 Å². The molecule has 0 unspecified atom stereocenters. The van der Waals surface area contributed by atoms with Crippen LogP contribution in [0.15, 0.2) is 88.1 Å². The predicted molar refractivity (Wildman–Crippen MR) is 113 cm³/mol. The number of nitro benzene ring substituents is 1. The maximum Gasteiger partial charge on any atom is 0.338 e. The number of hydrogen-bond acceptors (Lipinski definition) is 6. The number of fused-ring (bicyclic) bond motifs is 1. The molecule has 0 saturated carbocycles. The van der Waals surface area contributed by atoms with Gasteiger partial charge in [0.2, 0.25) is 0 Å². The second kappa shape index (κ2) is 7.85. The first-order valence-corrected chi connectivity index (χ1v) is 8.96. The zero-order chi connectivity index (χ0) is 20.2. The van der Waals surface area contributed by atoms with Gasteiger partial charge in [0.15, 0.2) is 0 Å². The van der Waals surface area contributed by atoms with Gasteiger partial charge in [0.25, 0.3) is 5.69 Å². The third-order valence-corrected chi connectivity index (χ3v) is 4.44. The molecule has 0 spiro atoms. The quantitative estimate of drug-likeness (QED) is 0.273. The lowest BCUT2D eigenvalue weighted by Gasteiger charge is -2.11. The maximum absolute atomic E-state index is 11.8. The minimum atomic E-state index is -0.532. The van der Waals surface area contributed by atoms with Crippen molar-refractivity contribution in [2.75, 3.05) is 10.6 Å². The van der Waals surface area contributed by atoms with Crippen molar-refractivity contribution in [3.63, 3.8) is 0 Å². The Morgan fingerprint density at radius 3 is 2.34 bits per heavy atom. The molecule has 0 radical (unpaired) electrons. The molecule has 0 atom stereocenters. The van der Waals surface area contributed by atoms with Crippen molar-refractivity contribution in [1.29, 1.82) is 0 Å². The largest absolute Gasteiger partial charge is 0.423 e. The number of anilines is 3. The molecule has 0 fully saturated rings. The van der Waals surface area contributed by atoms with Gasteiger partial charge < -0.3 is 15.1 Å². The van der Waals surface area contributed by atoms with Crippen molar-refractivity contribution in [2.24, 2.45) is 0 Å². The van der Waals surface area contributed by atoms with Crippen LogP contribution in [0.4, 0.5) is 22.7 Å². The zero-order valence-electron chi connectivity index (χ0n) is 15.3. The first-order chi connectivity index (χ1) is 14.1. The summed E-state index contributed by atoms with van der Waals surface area (Å²) in [5.74, 6) is 0. The lowest BCUT2D eigenvalue weighted by molar-refractivity contribution is -0.384. The molecule has 4 aromatic rings. The molecule has 0 amide bonds. The minimum Gasteiger partial charge on any atom is -0.423 e. The summed E-state index contributed by atoms with van der Waals surface area (Å²) in [4.78, 5) is 22.4. The highest BCUT2D eigenvalue weighted by atomic mass is 16.6. The average molecular weight is 387 g/mol. The summed E-state index contributed by atoms with van der Waals surface area (Å²) in [6, 6.07) is 23.0. The van der Waals surface area contributed by atoms with Gasteiger partial charge in [-0.1, -0.05) is 30.3 Å². The van der Waals surface area contributed by atoms with E-state index in [1.165, 1.54) is 29.8 Å². The van der Waals surface area contributed by atoms with E-state index < -0.39 is 10.5 Å². The lowest BCUT2D eigenvalue weighted by Crippen LogP contribution is -2.02. The SMILES string of the molecule is O=c1cc(Nc2ccc(NCc3ccccc3)cc2)c2cc([N+](=O)[O-])ccc2o1. The summed E-state index contributed by atoms with van der Waals surface area (Å²) in [7, 11) is 0. The average Bonchev–Trinajstić information content (AvgIpc) is 2.73. The topological polar surface area (TPSA) is 97.4 Å². The van der Waals surface area contributed by atoms with Crippen LogP contribution >= 0.6 is 0 Å². The Balaban J connectivity index is 1.55. The van der Waals surface area contributed by atoms with Crippen LogP contribution in [0.2, 0.25) is 0 Å². The number of non-ortho nitro benzene ring substituents is 1.